The first-order valence-corrected chi connectivity index (χ1v) is 9.60. The highest BCUT2D eigenvalue weighted by Crippen LogP contribution is 2.37. The number of ether oxygens (including phenoxy) is 1. The normalized spacial score (nSPS) is 13.7. The van der Waals surface area contributed by atoms with Crippen LogP contribution in [0.15, 0.2) is 82.0 Å². The molecule has 3 aromatic carbocycles. The Kier molecular flexibility index (Phi) is 4.46. The van der Waals surface area contributed by atoms with Gasteiger partial charge in [0.05, 0.1) is 17.7 Å². The Morgan fingerprint density at radius 2 is 1.65 bits per heavy atom. The van der Waals surface area contributed by atoms with E-state index in [0.29, 0.717) is 29.1 Å². The van der Waals surface area contributed by atoms with Gasteiger partial charge in [-0.1, -0.05) is 30.3 Å². The molecule has 0 fully saturated rings. The number of nitrogens with zero attached hydrogens (tertiary/aromatic N) is 1. The summed E-state index contributed by atoms with van der Waals surface area (Å²) < 4.78 is 50.0. The second-order valence-electron chi connectivity index (χ2n) is 7.28. The Bertz CT molecular complexity index is 1310. The first kappa shape index (κ1) is 19.2. The molecule has 0 aliphatic carbocycles. The molecular weight excluding hydrogens is 407 g/mol. The van der Waals surface area contributed by atoms with Crippen molar-refractivity contribution < 1.29 is 22.3 Å². The molecule has 0 saturated carbocycles. The largest absolute Gasteiger partial charge is 0.473 e. The van der Waals surface area contributed by atoms with Crippen molar-refractivity contribution in [1.82, 2.24) is 0 Å². The maximum absolute atomic E-state index is 12.9. The summed E-state index contributed by atoms with van der Waals surface area (Å²) in [7, 11) is 0. The number of fused-ring (bicyclic) bond motifs is 3. The van der Waals surface area contributed by atoms with E-state index >= 15 is 0 Å². The fourth-order valence-electron chi connectivity index (χ4n) is 3.82. The Labute approximate surface area is 175 Å². The van der Waals surface area contributed by atoms with E-state index in [-0.39, 0.29) is 6.73 Å². The summed E-state index contributed by atoms with van der Waals surface area (Å²) >= 11 is 0. The molecule has 0 radical (unpaired) electrons. The van der Waals surface area contributed by atoms with Crippen molar-refractivity contribution in [2.45, 2.75) is 12.7 Å². The lowest BCUT2D eigenvalue weighted by Gasteiger charge is -2.31. The van der Waals surface area contributed by atoms with Crippen molar-refractivity contribution in [3.63, 3.8) is 0 Å². The number of benzene rings is 3. The Morgan fingerprint density at radius 3 is 2.35 bits per heavy atom. The Balaban J connectivity index is 1.58. The third-order valence-corrected chi connectivity index (χ3v) is 5.34. The number of anilines is 1. The summed E-state index contributed by atoms with van der Waals surface area (Å²) in [5.74, 6) is 0.587. The molecular formula is C24H16F3NO3. The molecule has 0 unspecified atom stereocenters. The monoisotopic (exact) mass is 423 g/mol. The van der Waals surface area contributed by atoms with Gasteiger partial charge in [-0.3, -0.25) is 0 Å². The molecule has 0 amide bonds. The summed E-state index contributed by atoms with van der Waals surface area (Å²) in [5.41, 5.74) is 2.12. The summed E-state index contributed by atoms with van der Waals surface area (Å²) in [6.45, 7) is 0.506. The van der Waals surface area contributed by atoms with Crippen LogP contribution in [-0.2, 0) is 12.7 Å². The van der Waals surface area contributed by atoms with Gasteiger partial charge in [0.2, 0.25) is 0 Å². The predicted octanol–water partition coefficient (Wildman–Crippen LogP) is 5.84. The fourth-order valence-corrected chi connectivity index (χ4v) is 3.82. The van der Waals surface area contributed by atoms with Gasteiger partial charge >= 0.3 is 11.8 Å². The van der Waals surface area contributed by atoms with Crippen LogP contribution in [0.25, 0.3) is 22.1 Å². The van der Waals surface area contributed by atoms with Crippen molar-refractivity contribution in [1.29, 1.82) is 0 Å². The lowest BCUT2D eigenvalue weighted by Crippen LogP contribution is -2.32. The zero-order chi connectivity index (χ0) is 21.6. The van der Waals surface area contributed by atoms with Crippen LogP contribution >= 0.6 is 0 Å². The van der Waals surface area contributed by atoms with E-state index in [1.807, 2.05) is 42.5 Å². The molecule has 0 spiro atoms. The number of rotatable bonds is 2. The van der Waals surface area contributed by atoms with Crippen molar-refractivity contribution in [3.8, 4) is 16.9 Å². The number of hydrogen-bond acceptors (Lipinski definition) is 4. The molecule has 0 bridgehead atoms. The van der Waals surface area contributed by atoms with Gasteiger partial charge in [0.1, 0.15) is 11.3 Å². The minimum Gasteiger partial charge on any atom is -0.473 e. The van der Waals surface area contributed by atoms with E-state index in [0.717, 1.165) is 28.6 Å². The predicted molar refractivity (Wildman–Crippen MR) is 111 cm³/mol. The molecule has 31 heavy (non-hydrogen) atoms. The van der Waals surface area contributed by atoms with E-state index in [2.05, 4.69) is 0 Å². The highest BCUT2D eigenvalue weighted by molar-refractivity contribution is 5.96. The van der Waals surface area contributed by atoms with Gasteiger partial charge in [0.25, 0.3) is 0 Å². The van der Waals surface area contributed by atoms with Gasteiger partial charge in [-0.05, 0) is 47.5 Å². The van der Waals surface area contributed by atoms with Gasteiger partial charge in [0.15, 0.2) is 6.73 Å². The topological polar surface area (TPSA) is 42.7 Å². The SMILES string of the molecule is O=c1cc(-c2ccccc2)c2ccc3c(c2o1)CN(c1ccc(C(F)(F)F)cc1)CO3. The molecule has 0 saturated heterocycles. The van der Waals surface area contributed by atoms with Gasteiger partial charge in [-0.15, -0.1) is 0 Å². The van der Waals surface area contributed by atoms with Crippen LogP contribution in [-0.4, -0.2) is 6.73 Å². The van der Waals surface area contributed by atoms with E-state index in [4.69, 9.17) is 9.15 Å². The molecule has 4 nitrogen and oxygen atoms in total. The minimum absolute atomic E-state index is 0.173. The third kappa shape index (κ3) is 3.52. The first-order chi connectivity index (χ1) is 14.9. The third-order valence-electron chi connectivity index (χ3n) is 5.34. The van der Waals surface area contributed by atoms with Crippen molar-refractivity contribution in [2.75, 3.05) is 11.6 Å². The van der Waals surface area contributed by atoms with E-state index in [9.17, 15) is 18.0 Å². The second kappa shape index (κ2) is 7.19. The van der Waals surface area contributed by atoms with Crippen LogP contribution in [0.4, 0.5) is 18.9 Å². The van der Waals surface area contributed by atoms with Crippen molar-refractivity contribution >= 4 is 16.7 Å². The quantitative estimate of drug-likeness (QED) is 0.380. The second-order valence-corrected chi connectivity index (χ2v) is 7.28. The van der Waals surface area contributed by atoms with E-state index in [1.54, 1.807) is 4.90 Å². The Morgan fingerprint density at radius 1 is 0.903 bits per heavy atom. The average Bonchev–Trinajstić information content (AvgIpc) is 2.78. The first-order valence-electron chi connectivity index (χ1n) is 9.60. The highest BCUT2D eigenvalue weighted by atomic mass is 19.4. The molecule has 5 rings (SSSR count). The van der Waals surface area contributed by atoms with Gasteiger partial charge in [-0.25, -0.2) is 4.79 Å². The molecule has 1 aromatic heterocycles. The standard InChI is InChI=1S/C24H16F3NO3/c25-24(26,27)16-6-8-17(9-7-16)28-13-20-21(30-14-28)11-10-18-19(12-22(29)31-23(18)20)15-4-2-1-3-5-15/h1-12H,13-14H2. The zero-order valence-corrected chi connectivity index (χ0v) is 16.1. The maximum atomic E-state index is 12.9. The molecule has 1 aliphatic heterocycles. The smallest absolute Gasteiger partial charge is 0.416 e. The van der Waals surface area contributed by atoms with E-state index < -0.39 is 17.4 Å². The van der Waals surface area contributed by atoms with Crippen LogP contribution in [0.3, 0.4) is 0 Å². The van der Waals surface area contributed by atoms with Gasteiger partial charge in [-0.2, -0.15) is 13.2 Å². The number of halogens is 3. The van der Waals surface area contributed by atoms with Gasteiger partial charge < -0.3 is 14.1 Å². The van der Waals surface area contributed by atoms with Crippen LogP contribution < -0.4 is 15.3 Å². The molecule has 1 aliphatic rings. The highest BCUT2D eigenvalue weighted by Gasteiger charge is 2.30. The number of hydrogen-bond donors (Lipinski definition) is 0. The Hall–Kier alpha value is -3.74. The van der Waals surface area contributed by atoms with Crippen LogP contribution in [0.5, 0.6) is 5.75 Å². The summed E-state index contributed by atoms with van der Waals surface area (Å²) in [5, 5.41) is 0.766. The molecule has 0 N–H and O–H groups in total. The maximum Gasteiger partial charge on any atom is 0.416 e. The minimum atomic E-state index is -4.39. The summed E-state index contributed by atoms with van der Waals surface area (Å²) in [4.78, 5) is 14.1. The van der Waals surface area contributed by atoms with Gasteiger partial charge in [0, 0.05) is 17.1 Å². The summed E-state index contributed by atoms with van der Waals surface area (Å²) in [6.07, 6.45) is -4.39. The number of alkyl halides is 3. The van der Waals surface area contributed by atoms with Crippen molar-refractivity contribution in [2.24, 2.45) is 0 Å². The fraction of sp³-hybridized carbons (Fsp3) is 0.125. The zero-order valence-electron chi connectivity index (χ0n) is 16.1. The molecule has 4 aromatic rings. The lowest BCUT2D eigenvalue weighted by molar-refractivity contribution is -0.137. The average molecular weight is 423 g/mol. The van der Waals surface area contributed by atoms with Crippen molar-refractivity contribution in [3.05, 3.63) is 94.3 Å². The summed E-state index contributed by atoms with van der Waals surface area (Å²) in [6, 6.07) is 19.6. The molecule has 2 heterocycles. The lowest BCUT2D eigenvalue weighted by atomic mass is 9.99. The van der Waals surface area contributed by atoms with Crippen LogP contribution in [0.1, 0.15) is 11.1 Å². The van der Waals surface area contributed by atoms with Crippen LogP contribution in [0.2, 0.25) is 0 Å². The molecule has 156 valence electrons. The molecule has 7 heteroatoms. The van der Waals surface area contributed by atoms with E-state index in [1.165, 1.54) is 18.2 Å². The molecule has 0 atom stereocenters. The van der Waals surface area contributed by atoms with Crippen LogP contribution in [0, 0.1) is 0 Å².